The first kappa shape index (κ1) is 24.4. The van der Waals surface area contributed by atoms with Crippen LogP contribution in [0.3, 0.4) is 0 Å². The molecular weight excluding hydrogens is 512 g/mol. The Balaban J connectivity index is 1.18. The first-order chi connectivity index (χ1) is 17.7. The molecule has 6 heterocycles. The van der Waals surface area contributed by atoms with Crippen LogP contribution in [0.15, 0.2) is 29.4 Å². The predicted octanol–water partition coefficient (Wildman–Crippen LogP) is 1.86. The molecule has 6 rings (SSSR count). The Kier molecular flexibility index (Phi) is 6.21. The van der Waals surface area contributed by atoms with Crippen molar-refractivity contribution in [1.29, 1.82) is 0 Å². The van der Waals surface area contributed by atoms with Crippen molar-refractivity contribution in [3.63, 3.8) is 0 Å². The van der Waals surface area contributed by atoms with E-state index in [2.05, 4.69) is 42.5 Å². The monoisotopic (exact) mass is 542 g/mol. The van der Waals surface area contributed by atoms with Gasteiger partial charge in [-0.2, -0.15) is 14.4 Å². The molecule has 0 bridgehead atoms. The third-order valence-electron chi connectivity index (χ3n) is 6.90. The maximum Gasteiger partial charge on any atom is 0.227 e. The molecule has 3 aromatic heterocycles. The molecule has 0 spiro atoms. The van der Waals surface area contributed by atoms with Crippen LogP contribution in [-0.4, -0.2) is 88.4 Å². The van der Waals surface area contributed by atoms with Gasteiger partial charge >= 0.3 is 0 Å². The Bertz CT molecular complexity index is 1440. The molecule has 3 aliphatic heterocycles. The van der Waals surface area contributed by atoms with Crippen LogP contribution >= 0.6 is 11.8 Å². The molecule has 1 unspecified atom stereocenters. The maximum absolute atomic E-state index is 12.1. The Labute approximate surface area is 220 Å². The number of hydrogen-bond acceptors (Lipinski definition) is 11. The molecule has 14 heteroatoms. The van der Waals surface area contributed by atoms with Crippen molar-refractivity contribution < 1.29 is 8.42 Å². The van der Waals surface area contributed by atoms with Crippen molar-refractivity contribution in [2.75, 3.05) is 61.6 Å². The molecule has 1 saturated heterocycles. The van der Waals surface area contributed by atoms with Crippen molar-refractivity contribution in [2.24, 2.45) is 0 Å². The standard InChI is InChI=1S/C23H30N10O2S2/c1-15-10-21(29-23(26-15)31-6-4-30(2)5-7-31)28-20-11-17-19(13-24-20)36-22(27-17)16-12-25-33-9-8-32(14-18(16)33)37(3,34)35/h10-13,22,27H,4-9,14H2,1-3H3,(H,24,26,28,29). The van der Waals surface area contributed by atoms with Gasteiger partial charge in [-0.3, -0.25) is 4.68 Å². The molecule has 3 aliphatic rings. The summed E-state index contributed by atoms with van der Waals surface area (Å²) in [5.74, 6) is 2.14. The van der Waals surface area contributed by atoms with E-state index in [0.29, 0.717) is 31.3 Å². The summed E-state index contributed by atoms with van der Waals surface area (Å²) in [6.45, 7) is 7.08. The van der Waals surface area contributed by atoms with E-state index < -0.39 is 10.0 Å². The lowest BCUT2D eigenvalue weighted by Gasteiger charge is -2.32. The van der Waals surface area contributed by atoms with Gasteiger partial charge in [0, 0.05) is 62.3 Å². The highest BCUT2D eigenvalue weighted by molar-refractivity contribution is 8.00. The van der Waals surface area contributed by atoms with E-state index in [1.807, 2.05) is 36.1 Å². The summed E-state index contributed by atoms with van der Waals surface area (Å²) in [6.07, 6.45) is 4.95. The van der Waals surface area contributed by atoms with Gasteiger partial charge in [0.2, 0.25) is 16.0 Å². The molecule has 3 aromatic rings. The summed E-state index contributed by atoms with van der Waals surface area (Å²) in [5, 5.41) is 11.3. The summed E-state index contributed by atoms with van der Waals surface area (Å²) in [4.78, 5) is 19.6. The highest BCUT2D eigenvalue weighted by Crippen LogP contribution is 2.48. The van der Waals surface area contributed by atoms with Crippen LogP contribution in [0.25, 0.3) is 0 Å². The topological polar surface area (TPSA) is 124 Å². The molecule has 0 aromatic carbocycles. The maximum atomic E-state index is 12.1. The van der Waals surface area contributed by atoms with Gasteiger partial charge in [-0.25, -0.2) is 18.4 Å². The Morgan fingerprint density at radius 1 is 1.05 bits per heavy atom. The number of nitrogens with zero attached hydrogens (tertiary/aromatic N) is 8. The first-order valence-electron chi connectivity index (χ1n) is 12.2. The molecule has 1 fully saturated rings. The molecular formula is C23H30N10O2S2. The second kappa shape index (κ2) is 9.42. The lowest BCUT2D eigenvalue weighted by atomic mass is 10.2. The summed E-state index contributed by atoms with van der Waals surface area (Å²) < 4.78 is 27.6. The van der Waals surface area contributed by atoms with Crippen LogP contribution in [0.1, 0.15) is 22.3 Å². The molecule has 2 N–H and O–H groups in total. The molecule has 37 heavy (non-hydrogen) atoms. The molecule has 12 nitrogen and oxygen atoms in total. The van der Waals surface area contributed by atoms with Gasteiger partial charge in [0.15, 0.2) is 0 Å². The largest absolute Gasteiger partial charge is 0.368 e. The number of anilines is 4. The van der Waals surface area contributed by atoms with Crippen molar-refractivity contribution in [3.8, 4) is 0 Å². The molecule has 0 amide bonds. The van der Waals surface area contributed by atoms with Gasteiger partial charge in [0.25, 0.3) is 0 Å². The van der Waals surface area contributed by atoms with Crippen LogP contribution in [0.4, 0.5) is 23.3 Å². The van der Waals surface area contributed by atoms with E-state index in [9.17, 15) is 8.42 Å². The third-order valence-corrected chi connectivity index (χ3v) is 9.34. The van der Waals surface area contributed by atoms with Crippen LogP contribution < -0.4 is 15.5 Å². The quantitative estimate of drug-likeness (QED) is 0.491. The van der Waals surface area contributed by atoms with Gasteiger partial charge in [-0.1, -0.05) is 11.8 Å². The van der Waals surface area contributed by atoms with Crippen LogP contribution in [0.2, 0.25) is 0 Å². The zero-order chi connectivity index (χ0) is 25.7. The number of aromatic nitrogens is 5. The number of aryl methyl sites for hydroxylation is 1. The van der Waals surface area contributed by atoms with Crippen molar-refractivity contribution in [1.82, 2.24) is 33.9 Å². The summed E-state index contributed by atoms with van der Waals surface area (Å²) in [7, 11) is -1.13. The van der Waals surface area contributed by atoms with E-state index >= 15 is 0 Å². The number of sulfonamides is 1. The second-order valence-corrected chi connectivity index (χ2v) is 12.8. The number of fused-ring (bicyclic) bond motifs is 2. The fourth-order valence-corrected chi connectivity index (χ4v) is 6.69. The van der Waals surface area contributed by atoms with E-state index in [0.717, 1.165) is 59.7 Å². The number of pyridine rings is 1. The predicted molar refractivity (Wildman–Crippen MR) is 144 cm³/mol. The zero-order valence-corrected chi connectivity index (χ0v) is 22.7. The summed E-state index contributed by atoms with van der Waals surface area (Å²) in [5.41, 5.74) is 3.78. The normalized spacial score (nSPS) is 20.4. The second-order valence-electron chi connectivity index (χ2n) is 9.68. The van der Waals surface area contributed by atoms with Crippen molar-refractivity contribution >= 4 is 45.1 Å². The number of likely N-dealkylation sites (N-methyl/N-ethyl adjacent to an activating group) is 1. The van der Waals surface area contributed by atoms with E-state index in [4.69, 9.17) is 4.98 Å². The van der Waals surface area contributed by atoms with Crippen molar-refractivity contribution in [2.45, 2.75) is 30.3 Å². The van der Waals surface area contributed by atoms with Gasteiger partial charge in [0.1, 0.15) is 17.0 Å². The van der Waals surface area contributed by atoms with E-state index in [1.54, 1.807) is 11.8 Å². The Morgan fingerprint density at radius 3 is 2.65 bits per heavy atom. The summed E-state index contributed by atoms with van der Waals surface area (Å²) >= 11 is 1.66. The lowest BCUT2D eigenvalue weighted by molar-refractivity contribution is 0.311. The smallest absolute Gasteiger partial charge is 0.227 e. The number of rotatable bonds is 5. The molecule has 196 valence electrons. The number of nitrogens with one attached hydrogen (secondary N) is 2. The average Bonchev–Trinajstić information content (AvgIpc) is 3.46. The van der Waals surface area contributed by atoms with Gasteiger partial charge in [-0.05, 0) is 14.0 Å². The Hall–Kier alpha value is -2.94. The van der Waals surface area contributed by atoms with E-state index in [1.165, 1.54) is 10.6 Å². The average molecular weight is 543 g/mol. The molecule has 0 saturated carbocycles. The number of hydrogen-bond donors (Lipinski definition) is 2. The Morgan fingerprint density at radius 2 is 1.86 bits per heavy atom. The highest BCUT2D eigenvalue weighted by atomic mass is 32.2. The van der Waals surface area contributed by atoms with Gasteiger partial charge < -0.3 is 20.4 Å². The minimum absolute atomic E-state index is 0.0690. The molecule has 0 aliphatic carbocycles. The minimum atomic E-state index is -3.26. The SMILES string of the molecule is Cc1cc(Nc2cc3c(cn2)SC(c2cnn4c2CN(S(C)(=O)=O)CC4)N3)nc(N2CCN(C)CC2)n1. The van der Waals surface area contributed by atoms with Gasteiger partial charge in [0.05, 0.1) is 41.8 Å². The number of thioether (sulfide) groups is 1. The summed E-state index contributed by atoms with van der Waals surface area (Å²) in [6, 6.07) is 3.90. The van der Waals surface area contributed by atoms with Crippen molar-refractivity contribution in [3.05, 3.63) is 41.5 Å². The number of piperazine rings is 1. The minimum Gasteiger partial charge on any atom is -0.368 e. The zero-order valence-electron chi connectivity index (χ0n) is 21.0. The fraction of sp³-hybridized carbons (Fsp3) is 0.478. The van der Waals surface area contributed by atoms with E-state index in [-0.39, 0.29) is 5.37 Å². The van der Waals surface area contributed by atoms with Crippen LogP contribution in [-0.2, 0) is 23.1 Å². The van der Waals surface area contributed by atoms with Crippen LogP contribution in [0.5, 0.6) is 0 Å². The first-order valence-corrected chi connectivity index (χ1v) is 14.9. The third kappa shape index (κ3) is 4.98. The fourth-order valence-electron chi connectivity index (χ4n) is 4.80. The lowest BCUT2D eigenvalue weighted by Crippen LogP contribution is -2.45. The molecule has 1 atom stereocenters. The van der Waals surface area contributed by atoms with Gasteiger partial charge in [-0.15, -0.1) is 0 Å². The highest BCUT2D eigenvalue weighted by Gasteiger charge is 2.32. The molecule has 0 radical (unpaired) electrons. The van der Waals surface area contributed by atoms with Crippen LogP contribution in [0, 0.1) is 6.92 Å².